The van der Waals surface area contributed by atoms with Crippen molar-refractivity contribution in [2.45, 2.75) is 39.2 Å². The molecule has 0 aliphatic carbocycles. The third-order valence-corrected chi connectivity index (χ3v) is 4.32. The van der Waals surface area contributed by atoms with Gasteiger partial charge in [0, 0.05) is 26.2 Å². The van der Waals surface area contributed by atoms with Gasteiger partial charge in [0.15, 0.2) is 0 Å². The number of benzene rings is 2. The van der Waals surface area contributed by atoms with Gasteiger partial charge in [-0.05, 0) is 43.0 Å². The molecule has 1 N–H and O–H groups in total. The molecule has 3 nitrogen and oxygen atoms in total. The van der Waals surface area contributed by atoms with Gasteiger partial charge in [0.2, 0.25) is 5.91 Å². The molecule has 2 aromatic carbocycles. The van der Waals surface area contributed by atoms with Crippen LogP contribution < -0.4 is 10.2 Å². The second-order valence-corrected chi connectivity index (χ2v) is 6.50. The molecule has 0 bridgehead atoms. The highest BCUT2D eigenvalue weighted by molar-refractivity contribution is 5.76. The standard InChI is InChI=1S/C21H28N2O/c1-5-20(18-11-6-16(2)7-12-18)22-21(24)15-10-17-8-13-19(14-9-17)23(3)4/h6-9,11-14,20H,5,10,15H2,1-4H3,(H,22,24). The van der Waals surface area contributed by atoms with E-state index in [2.05, 4.69) is 72.6 Å². The van der Waals surface area contributed by atoms with Crippen molar-refractivity contribution in [2.75, 3.05) is 19.0 Å². The van der Waals surface area contributed by atoms with E-state index in [1.165, 1.54) is 22.4 Å². The molecule has 3 heteroatoms. The van der Waals surface area contributed by atoms with Crippen LogP contribution >= 0.6 is 0 Å². The van der Waals surface area contributed by atoms with Crippen molar-refractivity contribution in [1.29, 1.82) is 0 Å². The Bertz CT molecular complexity index is 645. The summed E-state index contributed by atoms with van der Waals surface area (Å²) < 4.78 is 0. The Balaban J connectivity index is 1.88. The molecule has 1 atom stereocenters. The number of nitrogens with one attached hydrogen (secondary N) is 1. The highest BCUT2D eigenvalue weighted by atomic mass is 16.1. The summed E-state index contributed by atoms with van der Waals surface area (Å²) in [6, 6.07) is 16.9. The van der Waals surface area contributed by atoms with E-state index in [0.29, 0.717) is 6.42 Å². The monoisotopic (exact) mass is 324 g/mol. The molecule has 0 saturated heterocycles. The van der Waals surface area contributed by atoms with Crippen molar-refractivity contribution in [3.63, 3.8) is 0 Å². The number of hydrogen-bond donors (Lipinski definition) is 1. The highest BCUT2D eigenvalue weighted by Gasteiger charge is 2.12. The topological polar surface area (TPSA) is 32.3 Å². The third-order valence-electron chi connectivity index (χ3n) is 4.32. The first-order valence-corrected chi connectivity index (χ1v) is 8.61. The first kappa shape index (κ1) is 18.1. The molecule has 0 fully saturated rings. The molecule has 0 radical (unpaired) electrons. The SMILES string of the molecule is CCC(NC(=O)CCc1ccc(N(C)C)cc1)c1ccc(C)cc1. The number of amides is 1. The van der Waals surface area contributed by atoms with Crippen LogP contribution in [0.25, 0.3) is 0 Å². The minimum Gasteiger partial charge on any atom is -0.378 e. The van der Waals surface area contributed by atoms with E-state index in [9.17, 15) is 4.79 Å². The maximum Gasteiger partial charge on any atom is 0.220 e. The summed E-state index contributed by atoms with van der Waals surface area (Å²) in [6.45, 7) is 4.18. The largest absolute Gasteiger partial charge is 0.378 e. The van der Waals surface area contributed by atoms with Crippen LogP contribution in [0.1, 0.15) is 42.5 Å². The molecular weight excluding hydrogens is 296 g/mol. The molecule has 128 valence electrons. The minimum absolute atomic E-state index is 0.0919. The number of anilines is 1. The lowest BCUT2D eigenvalue weighted by Crippen LogP contribution is -2.28. The number of carbonyl (C=O) groups excluding carboxylic acids is 1. The van der Waals surface area contributed by atoms with Crippen molar-refractivity contribution in [3.05, 3.63) is 65.2 Å². The zero-order valence-electron chi connectivity index (χ0n) is 15.2. The maximum absolute atomic E-state index is 12.3. The van der Waals surface area contributed by atoms with E-state index >= 15 is 0 Å². The highest BCUT2D eigenvalue weighted by Crippen LogP contribution is 2.18. The molecule has 0 aliphatic rings. The van der Waals surface area contributed by atoms with Crippen molar-refractivity contribution in [1.82, 2.24) is 5.32 Å². The molecule has 0 aromatic heterocycles. The lowest BCUT2D eigenvalue weighted by Gasteiger charge is -2.18. The van der Waals surface area contributed by atoms with Gasteiger partial charge in [0.25, 0.3) is 0 Å². The Hall–Kier alpha value is -2.29. The Morgan fingerprint density at radius 1 is 1.04 bits per heavy atom. The summed E-state index contributed by atoms with van der Waals surface area (Å²) in [5.74, 6) is 0.110. The van der Waals surface area contributed by atoms with Crippen molar-refractivity contribution in [3.8, 4) is 0 Å². The summed E-state index contributed by atoms with van der Waals surface area (Å²) in [5.41, 5.74) is 4.78. The van der Waals surface area contributed by atoms with E-state index in [1.807, 2.05) is 14.1 Å². The van der Waals surface area contributed by atoms with Crippen molar-refractivity contribution >= 4 is 11.6 Å². The first-order valence-electron chi connectivity index (χ1n) is 8.61. The predicted molar refractivity (Wildman–Crippen MR) is 101 cm³/mol. The van der Waals surface area contributed by atoms with Gasteiger partial charge in [-0.1, -0.05) is 48.9 Å². The summed E-state index contributed by atoms with van der Waals surface area (Å²) in [5, 5.41) is 3.16. The second-order valence-electron chi connectivity index (χ2n) is 6.50. The van der Waals surface area contributed by atoms with E-state index in [-0.39, 0.29) is 11.9 Å². The number of hydrogen-bond acceptors (Lipinski definition) is 2. The minimum atomic E-state index is 0.0919. The van der Waals surface area contributed by atoms with Gasteiger partial charge >= 0.3 is 0 Å². The Kier molecular flexibility index (Phi) is 6.42. The molecule has 0 spiro atoms. The van der Waals surface area contributed by atoms with Crippen molar-refractivity contribution in [2.24, 2.45) is 0 Å². The molecule has 0 aliphatic heterocycles. The third kappa shape index (κ3) is 5.12. The molecule has 1 unspecified atom stereocenters. The lowest BCUT2D eigenvalue weighted by atomic mass is 10.0. The predicted octanol–water partition coefficient (Wildman–Crippen LogP) is 4.26. The summed E-state index contributed by atoms with van der Waals surface area (Å²) >= 11 is 0. The van der Waals surface area contributed by atoms with Crippen LogP contribution in [0.4, 0.5) is 5.69 Å². The van der Waals surface area contributed by atoms with Crippen LogP contribution in [0.15, 0.2) is 48.5 Å². The van der Waals surface area contributed by atoms with Gasteiger partial charge in [0.1, 0.15) is 0 Å². The van der Waals surface area contributed by atoms with Gasteiger partial charge in [0.05, 0.1) is 6.04 Å². The molecule has 2 aromatic rings. The maximum atomic E-state index is 12.3. The fourth-order valence-corrected chi connectivity index (χ4v) is 2.70. The van der Waals surface area contributed by atoms with E-state index in [4.69, 9.17) is 0 Å². The number of aryl methyl sites for hydroxylation is 2. The van der Waals surface area contributed by atoms with Crippen LogP contribution in [0.5, 0.6) is 0 Å². The second kappa shape index (κ2) is 8.53. The summed E-state index contributed by atoms with van der Waals surface area (Å²) in [4.78, 5) is 14.4. The quantitative estimate of drug-likeness (QED) is 0.825. The van der Waals surface area contributed by atoms with Crippen molar-refractivity contribution < 1.29 is 4.79 Å². The van der Waals surface area contributed by atoms with Gasteiger partial charge in [-0.3, -0.25) is 4.79 Å². The van der Waals surface area contributed by atoms with Gasteiger partial charge in [-0.25, -0.2) is 0 Å². The molecular formula is C21H28N2O. The Morgan fingerprint density at radius 3 is 2.21 bits per heavy atom. The van der Waals surface area contributed by atoms with Gasteiger partial charge in [-0.15, -0.1) is 0 Å². The fourth-order valence-electron chi connectivity index (χ4n) is 2.70. The van der Waals surface area contributed by atoms with Crippen LogP contribution in [0.3, 0.4) is 0 Å². The van der Waals surface area contributed by atoms with Gasteiger partial charge < -0.3 is 10.2 Å². The molecule has 0 saturated carbocycles. The van der Waals surface area contributed by atoms with Gasteiger partial charge in [-0.2, -0.15) is 0 Å². The number of rotatable bonds is 7. The number of nitrogens with zero attached hydrogens (tertiary/aromatic N) is 1. The van der Waals surface area contributed by atoms with Crippen LogP contribution in [-0.4, -0.2) is 20.0 Å². The average Bonchev–Trinajstić information content (AvgIpc) is 2.59. The smallest absolute Gasteiger partial charge is 0.220 e. The van der Waals surface area contributed by atoms with E-state index in [1.54, 1.807) is 0 Å². The number of carbonyl (C=O) groups is 1. The summed E-state index contributed by atoms with van der Waals surface area (Å²) in [7, 11) is 4.05. The normalized spacial score (nSPS) is 11.8. The van der Waals surface area contributed by atoms with E-state index in [0.717, 1.165) is 12.8 Å². The van der Waals surface area contributed by atoms with Crippen LogP contribution in [0, 0.1) is 6.92 Å². The lowest BCUT2D eigenvalue weighted by molar-refractivity contribution is -0.121. The average molecular weight is 324 g/mol. The van der Waals surface area contributed by atoms with Crippen LogP contribution in [0.2, 0.25) is 0 Å². The summed E-state index contributed by atoms with van der Waals surface area (Å²) in [6.07, 6.45) is 2.18. The van der Waals surface area contributed by atoms with E-state index < -0.39 is 0 Å². The Morgan fingerprint density at radius 2 is 1.67 bits per heavy atom. The first-order chi connectivity index (χ1) is 11.5. The zero-order valence-corrected chi connectivity index (χ0v) is 15.2. The molecule has 2 rings (SSSR count). The van der Waals surface area contributed by atoms with Crippen LogP contribution in [-0.2, 0) is 11.2 Å². The molecule has 0 heterocycles. The molecule has 1 amide bonds. The Labute approximate surface area is 145 Å². The molecule has 24 heavy (non-hydrogen) atoms. The zero-order chi connectivity index (χ0) is 17.5. The fraction of sp³-hybridized carbons (Fsp3) is 0.381.